The van der Waals surface area contributed by atoms with Crippen molar-refractivity contribution in [3.05, 3.63) is 73.3 Å². The molecule has 0 aliphatic rings. The zero-order valence-corrected chi connectivity index (χ0v) is 14.1. The molecule has 0 fully saturated rings. The Hall–Kier alpha value is -4.00. The van der Waals surface area contributed by atoms with Crippen molar-refractivity contribution < 1.29 is 9.90 Å². The van der Waals surface area contributed by atoms with E-state index in [4.69, 9.17) is 5.11 Å². The van der Waals surface area contributed by atoms with Crippen LogP contribution >= 0.6 is 0 Å². The van der Waals surface area contributed by atoms with Gasteiger partial charge in [-0.15, -0.1) is 0 Å². The van der Waals surface area contributed by atoms with E-state index < -0.39 is 6.09 Å². The molecule has 0 saturated heterocycles. The SMILES string of the molecule is O=C(O)Nc1cncc(-c2ccnc(-c3ncc(-c4ccccc4)[nH]3)c2)c1. The molecule has 7 nitrogen and oxygen atoms in total. The number of rotatable bonds is 4. The molecule has 0 aliphatic heterocycles. The van der Waals surface area contributed by atoms with Crippen LogP contribution in [-0.4, -0.2) is 31.1 Å². The van der Waals surface area contributed by atoms with E-state index in [0.717, 1.165) is 22.4 Å². The summed E-state index contributed by atoms with van der Waals surface area (Å²) >= 11 is 0. The van der Waals surface area contributed by atoms with Gasteiger partial charge in [0.1, 0.15) is 5.69 Å². The Morgan fingerprint density at radius 2 is 1.78 bits per heavy atom. The molecule has 0 radical (unpaired) electrons. The Morgan fingerprint density at radius 1 is 0.926 bits per heavy atom. The maximum atomic E-state index is 10.8. The number of pyridine rings is 2. The maximum absolute atomic E-state index is 10.8. The number of carboxylic acid groups (broad SMARTS) is 1. The Bertz CT molecular complexity index is 1090. The Morgan fingerprint density at radius 3 is 2.59 bits per heavy atom. The number of anilines is 1. The van der Waals surface area contributed by atoms with Gasteiger partial charge in [-0.25, -0.2) is 9.78 Å². The van der Waals surface area contributed by atoms with Gasteiger partial charge in [0.2, 0.25) is 0 Å². The smallest absolute Gasteiger partial charge is 0.409 e. The van der Waals surface area contributed by atoms with Crippen molar-refractivity contribution in [1.29, 1.82) is 0 Å². The van der Waals surface area contributed by atoms with Crippen molar-refractivity contribution in [1.82, 2.24) is 19.9 Å². The number of aromatic nitrogens is 4. The lowest BCUT2D eigenvalue weighted by Gasteiger charge is -2.06. The number of aromatic amines is 1. The first kappa shape index (κ1) is 16.5. The van der Waals surface area contributed by atoms with Gasteiger partial charge >= 0.3 is 6.09 Å². The molecule has 1 amide bonds. The predicted molar refractivity (Wildman–Crippen MR) is 102 cm³/mol. The molecule has 3 heterocycles. The van der Waals surface area contributed by atoms with Crippen LogP contribution < -0.4 is 5.32 Å². The van der Waals surface area contributed by atoms with Crippen molar-refractivity contribution in [3.8, 4) is 33.9 Å². The molecule has 4 rings (SSSR count). The van der Waals surface area contributed by atoms with Gasteiger partial charge in [-0.05, 0) is 29.3 Å². The van der Waals surface area contributed by atoms with Gasteiger partial charge in [0.15, 0.2) is 5.82 Å². The fraction of sp³-hybridized carbons (Fsp3) is 0. The molecule has 0 atom stereocenters. The molecular weight excluding hydrogens is 342 g/mol. The Kier molecular flexibility index (Phi) is 4.32. The summed E-state index contributed by atoms with van der Waals surface area (Å²) in [6.07, 6.45) is 5.46. The summed E-state index contributed by atoms with van der Waals surface area (Å²) in [6.45, 7) is 0. The van der Waals surface area contributed by atoms with Gasteiger partial charge in [0, 0.05) is 18.0 Å². The van der Waals surface area contributed by atoms with Gasteiger partial charge in [0.25, 0.3) is 0 Å². The van der Waals surface area contributed by atoms with Gasteiger partial charge in [0.05, 0.1) is 23.8 Å². The minimum Gasteiger partial charge on any atom is -0.465 e. The lowest BCUT2D eigenvalue weighted by molar-refractivity contribution is 0.209. The van der Waals surface area contributed by atoms with Crippen LogP contribution in [-0.2, 0) is 0 Å². The quantitative estimate of drug-likeness (QED) is 0.505. The number of H-pyrrole nitrogens is 1. The van der Waals surface area contributed by atoms with Gasteiger partial charge < -0.3 is 10.1 Å². The first-order valence-electron chi connectivity index (χ1n) is 8.21. The molecule has 3 aromatic heterocycles. The minimum absolute atomic E-state index is 0.405. The van der Waals surface area contributed by atoms with Gasteiger partial charge in [-0.2, -0.15) is 0 Å². The molecule has 7 heteroatoms. The molecule has 0 unspecified atom stereocenters. The predicted octanol–water partition coefficient (Wildman–Crippen LogP) is 4.29. The average Bonchev–Trinajstić information content (AvgIpc) is 3.19. The largest absolute Gasteiger partial charge is 0.465 e. The van der Waals surface area contributed by atoms with Crippen molar-refractivity contribution in [3.63, 3.8) is 0 Å². The first-order valence-corrected chi connectivity index (χ1v) is 8.21. The molecule has 132 valence electrons. The van der Waals surface area contributed by atoms with E-state index in [2.05, 4.69) is 25.3 Å². The number of nitrogens with one attached hydrogen (secondary N) is 2. The summed E-state index contributed by atoms with van der Waals surface area (Å²) in [5, 5.41) is 11.2. The lowest BCUT2D eigenvalue weighted by Crippen LogP contribution is -2.07. The molecule has 0 saturated carbocycles. The summed E-state index contributed by atoms with van der Waals surface area (Å²) < 4.78 is 0. The average molecular weight is 357 g/mol. The molecular formula is C20H15N5O2. The molecule has 27 heavy (non-hydrogen) atoms. The Balaban J connectivity index is 1.66. The fourth-order valence-electron chi connectivity index (χ4n) is 2.75. The lowest BCUT2D eigenvalue weighted by atomic mass is 10.1. The number of carbonyl (C=O) groups is 1. The maximum Gasteiger partial charge on any atom is 0.409 e. The van der Waals surface area contributed by atoms with Crippen LogP contribution in [0.25, 0.3) is 33.9 Å². The fourth-order valence-corrected chi connectivity index (χ4v) is 2.75. The molecule has 0 aliphatic carbocycles. The van der Waals surface area contributed by atoms with E-state index in [9.17, 15) is 4.79 Å². The van der Waals surface area contributed by atoms with Crippen LogP contribution in [0.1, 0.15) is 0 Å². The van der Waals surface area contributed by atoms with Crippen molar-refractivity contribution >= 4 is 11.8 Å². The highest BCUT2D eigenvalue weighted by Gasteiger charge is 2.09. The number of nitrogens with zero attached hydrogens (tertiary/aromatic N) is 3. The van der Waals surface area contributed by atoms with Crippen LogP contribution in [0.15, 0.2) is 73.3 Å². The summed E-state index contributed by atoms with van der Waals surface area (Å²) in [4.78, 5) is 27.0. The number of hydrogen-bond acceptors (Lipinski definition) is 4. The van der Waals surface area contributed by atoms with Crippen molar-refractivity contribution in [2.75, 3.05) is 5.32 Å². The van der Waals surface area contributed by atoms with Gasteiger partial charge in [-0.1, -0.05) is 30.3 Å². The number of benzene rings is 1. The third kappa shape index (κ3) is 3.67. The highest BCUT2D eigenvalue weighted by atomic mass is 16.4. The number of amides is 1. The molecule has 1 aromatic carbocycles. The molecule has 0 bridgehead atoms. The van der Waals surface area contributed by atoms with Crippen LogP contribution in [0.3, 0.4) is 0 Å². The first-order chi connectivity index (χ1) is 13.2. The zero-order chi connectivity index (χ0) is 18.6. The molecule has 3 N–H and O–H groups in total. The normalized spacial score (nSPS) is 10.5. The van der Waals surface area contributed by atoms with Crippen molar-refractivity contribution in [2.45, 2.75) is 0 Å². The zero-order valence-electron chi connectivity index (χ0n) is 14.1. The highest BCUT2D eigenvalue weighted by molar-refractivity contribution is 5.84. The van der Waals surface area contributed by atoms with E-state index >= 15 is 0 Å². The topological polar surface area (TPSA) is 104 Å². The van der Waals surface area contributed by atoms with E-state index in [1.165, 1.54) is 6.20 Å². The van der Waals surface area contributed by atoms with E-state index in [-0.39, 0.29) is 0 Å². The third-order valence-electron chi connectivity index (χ3n) is 3.99. The second-order valence-corrected chi connectivity index (χ2v) is 5.83. The van der Waals surface area contributed by atoms with Crippen LogP contribution in [0, 0.1) is 0 Å². The van der Waals surface area contributed by atoms with Crippen LogP contribution in [0.5, 0.6) is 0 Å². The van der Waals surface area contributed by atoms with E-state index in [1.807, 2.05) is 42.5 Å². The minimum atomic E-state index is -1.13. The third-order valence-corrected chi connectivity index (χ3v) is 3.99. The number of hydrogen-bond donors (Lipinski definition) is 3. The summed E-state index contributed by atoms with van der Waals surface area (Å²) in [5.41, 5.74) is 4.68. The molecule has 0 spiro atoms. The highest BCUT2D eigenvalue weighted by Crippen LogP contribution is 2.26. The van der Waals surface area contributed by atoms with Gasteiger partial charge in [-0.3, -0.25) is 15.3 Å². The van der Waals surface area contributed by atoms with E-state index in [0.29, 0.717) is 17.2 Å². The van der Waals surface area contributed by atoms with Crippen LogP contribution in [0.2, 0.25) is 0 Å². The summed E-state index contributed by atoms with van der Waals surface area (Å²) in [5.74, 6) is 0.656. The molecule has 4 aromatic rings. The monoisotopic (exact) mass is 357 g/mol. The summed E-state index contributed by atoms with van der Waals surface area (Å²) in [6, 6.07) is 15.4. The second-order valence-electron chi connectivity index (χ2n) is 5.83. The van der Waals surface area contributed by atoms with E-state index in [1.54, 1.807) is 24.7 Å². The second kappa shape index (κ2) is 7.09. The standard InChI is InChI=1S/C20H15N5O2/c26-20(27)24-16-8-15(10-21-11-16)14-6-7-22-17(9-14)19-23-12-18(25-19)13-4-2-1-3-5-13/h1-12,24H,(H,23,25)(H,26,27). The van der Waals surface area contributed by atoms with Crippen LogP contribution in [0.4, 0.5) is 10.5 Å². The summed E-state index contributed by atoms with van der Waals surface area (Å²) in [7, 11) is 0. The number of imidazole rings is 1. The Labute approximate surface area is 154 Å². The van der Waals surface area contributed by atoms with Crippen molar-refractivity contribution in [2.24, 2.45) is 0 Å².